The molecule has 5 nitrogen and oxygen atoms in total. The van der Waals surface area contributed by atoms with Crippen LogP contribution in [0.15, 0.2) is 12.3 Å². The summed E-state index contributed by atoms with van der Waals surface area (Å²) in [7, 11) is 1.35. The van der Waals surface area contributed by atoms with Gasteiger partial charge < -0.3 is 10.1 Å². The van der Waals surface area contributed by atoms with E-state index in [1.807, 2.05) is 0 Å². The number of Topliss-reactive ketones (excluding diaryl/α,β-unsaturated/α-hetero) is 1. The second kappa shape index (κ2) is 6.76. The van der Waals surface area contributed by atoms with Gasteiger partial charge in [0.15, 0.2) is 5.78 Å². The van der Waals surface area contributed by atoms with Crippen molar-refractivity contribution in [2.75, 3.05) is 13.7 Å². The highest BCUT2D eigenvalue weighted by Crippen LogP contribution is 2.55. The van der Waals surface area contributed by atoms with Crippen LogP contribution in [-0.4, -0.2) is 30.4 Å². The van der Waals surface area contributed by atoms with Gasteiger partial charge in [-0.1, -0.05) is 6.92 Å². The number of esters is 1. The lowest BCUT2D eigenvalue weighted by Gasteiger charge is -2.57. The summed E-state index contributed by atoms with van der Waals surface area (Å²) in [5.41, 5.74) is 3.02. The third-order valence-electron chi connectivity index (χ3n) is 6.72. The molecule has 26 heavy (non-hydrogen) atoms. The average molecular weight is 356 g/mol. The van der Waals surface area contributed by atoms with Gasteiger partial charge >= 0.3 is 5.97 Å². The van der Waals surface area contributed by atoms with Gasteiger partial charge in [0.25, 0.3) is 0 Å². The summed E-state index contributed by atoms with van der Waals surface area (Å²) in [5, 5.41) is 3.85. The minimum absolute atomic E-state index is 0.0141. The zero-order valence-electron chi connectivity index (χ0n) is 15.7. The Kier molecular flexibility index (Phi) is 4.59. The highest BCUT2D eigenvalue weighted by molar-refractivity contribution is 5.97. The van der Waals surface area contributed by atoms with E-state index in [0.29, 0.717) is 23.3 Å². The van der Waals surface area contributed by atoms with E-state index in [9.17, 15) is 9.59 Å². The van der Waals surface area contributed by atoms with Gasteiger partial charge in [-0.2, -0.15) is 0 Å². The van der Waals surface area contributed by atoms with Gasteiger partial charge in [-0.25, -0.2) is 0 Å². The van der Waals surface area contributed by atoms with Crippen LogP contribution in [0.1, 0.15) is 67.1 Å². The van der Waals surface area contributed by atoms with Crippen molar-refractivity contribution in [1.82, 2.24) is 10.3 Å². The van der Waals surface area contributed by atoms with Crippen LogP contribution in [0.3, 0.4) is 0 Å². The summed E-state index contributed by atoms with van der Waals surface area (Å²) in [6.45, 7) is 3.39. The largest absolute Gasteiger partial charge is 0.469 e. The second-order valence-corrected chi connectivity index (χ2v) is 8.37. The number of rotatable bonds is 4. The average Bonchev–Trinajstić information content (AvgIpc) is 2.65. The van der Waals surface area contributed by atoms with Crippen LogP contribution in [0.5, 0.6) is 0 Å². The number of carbonyl (C=O) groups excluding carboxylic acids is 2. The molecule has 140 valence electrons. The van der Waals surface area contributed by atoms with Gasteiger partial charge in [0.05, 0.1) is 13.5 Å². The van der Waals surface area contributed by atoms with Gasteiger partial charge in [0.1, 0.15) is 0 Å². The molecule has 0 unspecified atom stereocenters. The van der Waals surface area contributed by atoms with Crippen LogP contribution in [0.2, 0.25) is 0 Å². The number of pyridine rings is 1. The van der Waals surface area contributed by atoms with E-state index in [1.165, 1.54) is 31.9 Å². The van der Waals surface area contributed by atoms with Crippen molar-refractivity contribution in [3.05, 3.63) is 29.1 Å². The third kappa shape index (κ3) is 2.86. The van der Waals surface area contributed by atoms with Crippen LogP contribution >= 0.6 is 0 Å². The van der Waals surface area contributed by atoms with E-state index in [1.54, 1.807) is 6.20 Å². The van der Waals surface area contributed by atoms with E-state index >= 15 is 0 Å². The van der Waals surface area contributed by atoms with Crippen molar-refractivity contribution in [2.45, 2.75) is 57.4 Å². The minimum atomic E-state index is -0.346. The lowest BCUT2D eigenvalue weighted by molar-refractivity contribution is -0.140. The van der Waals surface area contributed by atoms with Gasteiger partial charge in [-0.3, -0.25) is 14.6 Å². The smallest absolute Gasteiger partial charge is 0.305 e. The van der Waals surface area contributed by atoms with Crippen molar-refractivity contribution in [1.29, 1.82) is 0 Å². The normalized spacial score (nSPS) is 32.3. The number of fused-ring (bicyclic) bond motifs is 1. The maximum absolute atomic E-state index is 12.6. The molecule has 2 fully saturated rings. The van der Waals surface area contributed by atoms with Crippen LogP contribution in [0.4, 0.5) is 0 Å². The molecule has 0 amide bonds. The Morgan fingerprint density at radius 1 is 1.38 bits per heavy atom. The Balaban J connectivity index is 1.67. The first-order chi connectivity index (χ1) is 12.5. The molecule has 2 heterocycles. The number of nitrogens with one attached hydrogen (secondary N) is 1. The molecule has 5 heteroatoms. The summed E-state index contributed by atoms with van der Waals surface area (Å²) in [6.07, 6.45) is 7.95. The molecule has 0 spiro atoms. The zero-order valence-corrected chi connectivity index (χ0v) is 15.7. The SMILES string of the molecule is COC(=O)CCC(=O)c1cnc2c(c1)[C@@]13C[C@H](C)C[C@@H](C2)[C@H]1CCCN3. The topological polar surface area (TPSA) is 68.3 Å². The summed E-state index contributed by atoms with van der Waals surface area (Å²) in [5.74, 6) is 1.67. The number of aromatic nitrogens is 1. The van der Waals surface area contributed by atoms with Crippen LogP contribution in [-0.2, 0) is 21.5 Å². The molecule has 0 aromatic carbocycles. The van der Waals surface area contributed by atoms with E-state index in [4.69, 9.17) is 4.98 Å². The summed E-state index contributed by atoms with van der Waals surface area (Å²) in [4.78, 5) is 28.6. The number of nitrogens with zero attached hydrogens (tertiary/aromatic N) is 1. The molecule has 2 bridgehead atoms. The molecule has 1 saturated heterocycles. The monoisotopic (exact) mass is 356 g/mol. The predicted octanol–water partition coefficient (Wildman–Crippen LogP) is 3.01. The number of hydrogen-bond acceptors (Lipinski definition) is 5. The van der Waals surface area contributed by atoms with Gasteiger partial charge in [0.2, 0.25) is 0 Å². The fourth-order valence-corrected chi connectivity index (χ4v) is 5.72. The molecule has 1 aromatic heterocycles. The van der Waals surface area contributed by atoms with Crippen molar-refractivity contribution >= 4 is 11.8 Å². The molecular formula is C21H28N2O3. The lowest BCUT2D eigenvalue weighted by Crippen LogP contribution is -2.60. The summed E-state index contributed by atoms with van der Waals surface area (Å²) >= 11 is 0. The predicted molar refractivity (Wildman–Crippen MR) is 97.8 cm³/mol. The summed E-state index contributed by atoms with van der Waals surface area (Å²) in [6, 6.07) is 2.07. The standard InChI is InChI=1S/C21H28N2O3/c1-13-8-14-10-18-17(21(11-13)16(14)4-3-7-23-21)9-15(12-22-18)19(24)5-6-20(25)26-2/h9,12-14,16,23H,3-8,10-11H2,1-2H3/t13-,14+,16-,21-/m1/s1. The fraction of sp³-hybridized carbons (Fsp3) is 0.667. The molecular weight excluding hydrogens is 328 g/mol. The first-order valence-corrected chi connectivity index (χ1v) is 9.88. The Labute approximate surface area is 154 Å². The number of ether oxygens (including phenoxy) is 1. The third-order valence-corrected chi connectivity index (χ3v) is 6.72. The molecule has 3 aliphatic rings. The highest BCUT2D eigenvalue weighted by atomic mass is 16.5. The van der Waals surface area contributed by atoms with Gasteiger partial charge in [0, 0.05) is 29.4 Å². The number of carbonyl (C=O) groups is 2. The first-order valence-electron chi connectivity index (χ1n) is 9.88. The number of hydrogen-bond donors (Lipinski definition) is 1. The maximum Gasteiger partial charge on any atom is 0.305 e. The first kappa shape index (κ1) is 17.7. The van der Waals surface area contributed by atoms with Crippen LogP contribution in [0.25, 0.3) is 0 Å². The molecule has 0 radical (unpaired) electrons. The second-order valence-electron chi connectivity index (χ2n) is 8.37. The number of methoxy groups -OCH3 is 1. The van der Waals surface area contributed by atoms with E-state index < -0.39 is 0 Å². The number of piperidine rings is 1. The van der Waals surface area contributed by atoms with Gasteiger partial charge in [-0.15, -0.1) is 0 Å². The molecule has 4 atom stereocenters. The molecule has 1 saturated carbocycles. The summed E-state index contributed by atoms with van der Waals surface area (Å²) < 4.78 is 4.65. The van der Waals surface area contributed by atoms with Crippen LogP contribution < -0.4 is 5.32 Å². The quantitative estimate of drug-likeness (QED) is 0.663. The van der Waals surface area contributed by atoms with E-state index in [2.05, 4.69) is 23.0 Å². The highest BCUT2D eigenvalue weighted by Gasteiger charge is 2.53. The molecule has 1 aromatic rings. The lowest BCUT2D eigenvalue weighted by atomic mass is 9.54. The molecule has 2 aliphatic carbocycles. The Morgan fingerprint density at radius 3 is 3.04 bits per heavy atom. The molecule has 4 rings (SSSR count). The minimum Gasteiger partial charge on any atom is -0.469 e. The molecule has 1 N–H and O–H groups in total. The van der Waals surface area contributed by atoms with Crippen molar-refractivity contribution in [2.24, 2.45) is 17.8 Å². The Morgan fingerprint density at radius 2 is 2.23 bits per heavy atom. The van der Waals surface area contributed by atoms with Crippen molar-refractivity contribution in [3.8, 4) is 0 Å². The number of ketones is 1. The van der Waals surface area contributed by atoms with Crippen LogP contribution in [0, 0.1) is 17.8 Å². The maximum atomic E-state index is 12.6. The van der Waals surface area contributed by atoms with E-state index in [0.717, 1.165) is 25.1 Å². The van der Waals surface area contributed by atoms with Crippen molar-refractivity contribution < 1.29 is 14.3 Å². The van der Waals surface area contributed by atoms with E-state index in [-0.39, 0.29) is 30.1 Å². The molecule has 1 aliphatic heterocycles. The Bertz CT molecular complexity index is 732. The van der Waals surface area contributed by atoms with Gasteiger partial charge in [-0.05, 0) is 68.0 Å². The zero-order chi connectivity index (χ0) is 18.3. The Hall–Kier alpha value is -1.75. The van der Waals surface area contributed by atoms with Crippen molar-refractivity contribution in [3.63, 3.8) is 0 Å². The fourth-order valence-electron chi connectivity index (χ4n) is 5.72.